The molecule has 8 heteroatoms. The first-order valence-corrected chi connectivity index (χ1v) is 10.5. The van der Waals surface area contributed by atoms with Gasteiger partial charge in [0.2, 0.25) is 5.91 Å². The Labute approximate surface area is 186 Å². The first kappa shape index (κ1) is 23.3. The fourth-order valence-corrected chi connectivity index (χ4v) is 3.69. The molecule has 3 rings (SSSR count). The van der Waals surface area contributed by atoms with E-state index in [1.807, 2.05) is 48.5 Å². The molecular formula is C24H28N2O6. The Balaban J connectivity index is 1.65. The van der Waals surface area contributed by atoms with Gasteiger partial charge in [-0.1, -0.05) is 55.5 Å². The lowest BCUT2D eigenvalue weighted by atomic mass is 9.97. The van der Waals surface area contributed by atoms with Crippen LogP contribution in [0.3, 0.4) is 0 Å². The first-order valence-electron chi connectivity index (χ1n) is 10.5. The number of hydrogen-bond acceptors (Lipinski definition) is 5. The summed E-state index contributed by atoms with van der Waals surface area (Å²) in [6.45, 7) is 3.91. The summed E-state index contributed by atoms with van der Waals surface area (Å²) in [5, 5.41) is 23.7. The minimum absolute atomic E-state index is 0.106. The lowest BCUT2D eigenvalue weighted by Crippen LogP contribution is -2.59. The van der Waals surface area contributed by atoms with Crippen molar-refractivity contribution >= 4 is 18.0 Å². The van der Waals surface area contributed by atoms with Gasteiger partial charge in [0.05, 0.1) is 6.54 Å². The molecule has 2 aromatic rings. The van der Waals surface area contributed by atoms with Gasteiger partial charge >= 0.3 is 12.1 Å². The molecule has 4 N–H and O–H groups in total. The fraction of sp³-hybridized carbons (Fsp3) is 0.375. The highest BCUT2D eigenvalue weighted by atomic mass is 16.5. The van der Waals surface area contributed by atoms with Crippen LogP contribution in [-0.4, -0.2) is 52.5 Å². The summed E-state index contributed by atoms with van der Waals surface area (Å²) in [4.78, 5) is 36.2. The van der Waals surface area contributed by atoms with Crippen LogP contribution in [0.1, 0.15) is 44.2 Å². The summed E-state index contributed by atoms with van der Waals surface area (Å²) in [6.07, 6.45) is -0.519. The molecule has 0 radical (unpaired) electrons. The van der Waals surface area contributed by atoms with Gasteiger partial charge in [-0.3, -0.25) is 4.79 Å². The average molecular weight is 440 g/mol. The normalized spacial score (nSPS) is 16.1. The van der Waals surface area contributed by atoms with E-state index in [9.17, 15) is 19.5 Å². The number of aliphatic carboxylic acids is 1. The molecule has 2 unspecified atom stereocenters. The van der Waals surface area contributed by atoms with Crippen molar-refractivity contribution in [1.29, 1.82) is 0 Å². The van der Waals surface area contributed by atoms with Crippen molar-refractivity contribution in [1.82, 2.24) is 10.6 Å². The number of ether oxygens (including phenoxy) is 1. The highest BCUT2D eigenvalue weighted by molar-refractivity contribution is 5.90. The highest BCUT2D eigenvalue weighted by Gasteiger charge is 2.37. The third kappa shape index (κ3) is 4.60. The van der Waals surface area contributed by atoms with Crippen LogP contribution >= 0.6 is 0 Å². The van der Waals surface area contributed by atoms with E-state index < -0.39 is 35.7 Å². The molecule has 0 fully saturated rings. The van der Waals surface area contributed by atoms with Gasteiger partial charge in [-0.2, -0.15) is 0 Å². The van der Waals surface area contributed by atoms with Crippen LogP contribution in [0.4, 0.5) is 4.79 Å². The van der Waals surface area contributed by atoms with E-state index in [1.165, 1.54) is 6.92 Å². The zero-order valence-corrected chi connectivity index (χ0v) is 18.3. The fourth-order valence-electron chi connectivity index (χ4n) is 3.69. The SMILES string of the molecule is CCC(C)(NC(=O)OCC1c2ccccc2-c2ccccc21)C(=O)NCC(C)(O)C(=O)O. The van der Waals surface area contributed by atoms with Gasteiger partial charge in [0.1, 0.15) is 12.1 Å². The van der Waals surface area contributed by atoms with E-state index in [1.54, 1.807) is 6.92 Å². The lowest BCUT2D eigenvalue weighted by Gasteiger charge is -2.29. The number of carboxylic acid groups (broad SMARTS) is 1. The quantitative estimate of drug-likeness (QED) is 0.500. The summed E-state index contributed by atoms with van der Waals surface area (Å²) < 4.78 is 5.50. The molecule has 0 saturated heterocycles. The Morgan fingerprint density at radius 3 is 2.03 bits per heavy atom. The Kier molecular flexibility index (Phi) is 6.55. The molecule has 0 bridgehead atoms. The van der Waals surface area contributed by atoms with Gasteiger partial charge in [-0.15, -0.1) is 0 Å². The number of rotatable bonds is 8. The second kappa shape index (κ2) is 9.00. The number of amides is 2. The summed E-state index contributed by atoms with van der Waals surface area (Å²) >= 11 is 0. The van der Waals surface area contributed by atoms with E-state index in [0.717, 1.165) is 29.2 Å². The van der Waals surface area contributed by atoms with Gasteiger partial charge < -0.3 is 25.6 Å². The molecule has 2 amide bonds. The summed E-state index contributed by atoms with van der Waals surface area (Å²) in [6, 6.07) is 15.9. The maximum atomic E-state index is 12.6. The standard InChI is InChI=1S/C24H28N2O6/c1-4-23(2,20(27)25-14-24(3,31)21(28)29)26-22(30)32-13-19-17-11-7-5-9-15(17)16-10-6-8-12-18(16)19/h5-12,19,31H,4,13-14H2,1-3H3,(H,25,27)(H,26,30)(H,28,29). The summed E-state index contributed by atoms with van der Waals surface area (Å²) in [5.41, 5.74) is 0.924. The van der Waals surface area contributed by atoms with Crippen LogP contribution in [0.15, 0.2) is 48.5 Å². The van der Waals surface area contributed by atoms with Gasteiger partial charge in [0, 0.05) is 5.92 Å². The van der Waals surface area contributed by atoms with Crippen molar-refractivity contribution in [3.8, 4) is 11.1 Å². The molecule has 170 valence electrons. The van der Waals surface area contributed by atoms with Crippen LogP contribution in [0.5, 0.6) is 0 Å². The molecule has 2 aromatic carbocycles. The number of hydrogen-bond donors (Lipinski definition) is 4. The van der Waals surface area contributed by atoms with Crippen LogP contribution < -0.4 is 10.6 Å². The number of aliphatic hydroxyl groups is 1. The summed E-state index contributed by atoms with van der Waals surface area (Å²) in [7, 11) is 0. The molecule has 32 heavy (non-hydrogen) atoms. The zero-order chi connectivity index (χ0) is 23.5. The van der Waals surface area contributed by atoms with E-state index in [4.69, 9.17) is 9.84 Å². The average Bonchev–Trinajstić information content (AvgIpc) is 3.09. The van der Waals surface area contributed by atoms with E-state index >= 15 is 0 Å². The minimum Gasteiger partial charge on any atom is -0.479 e. The predicted octanol–water partition coefficient (Wildman–Crippen LogP) is 2.65. The number of alkyl carbamates (subject to hydrolysis) is 1. The lowest BCUT2D eigenvalue weighted by molar-refractivity contribution is -0.156. The van der Waals surface area contributed by atoms with Crippen molar-refractivity contribution in [3.05, 3.63) is 59.7 Å². The maximum absolute atomic E-state index is 12.6. The van der Waals surface area contributed by atoms with Crippen molar-refractivity contribution in [3.63, 3.8) is 0 Å². The Hall–Kier alpha value is -3.39. The molecule has 1 aliphatic rings. The van der Waals surface area contributed by atoms with Crippen molar-refractivity contribution < 1.29 is 29.3 Å². The highest BCUT2D eigenvalue weighted by Crippen LogP contribution is 2.44. The number of carbonyl (C=O) groups is 3. The third-order valence-corrected chi connectivity index (χ3v) is 5.98. The van der Waals surface area contributed by atoms with Crippen molar-refractivity contribution in [2.45, 2.75) is 44.2 Å². The van der Waals surface area contributed by atoms with Gasteiger partial charge in [-0.25, -0.2) is 9.59 Å². The topological polar surface area (TPSA) is 125 Å². The molecule has 0 aliphatic heterocycles. The molecule has 0 saturated carbocycles. The third-order valence-electron chi connectivity index (χ3n) is 5.98. The molecule has 0 aromatic heterocycles. The second-order valence-corrected chi connectivity index (χ2v) is 8.40. The van der Waals surface area contributed by atoms with E-state index in [-0.39, 0.29) is 18.9 Å². The van der Waals surface area contributed by atoms with Crippen molar-refractivity contribution in [2.24, 2.45) is 0 Å². The number of nitrogens with one attached hydrogen (secondary N) is 2. The molecule has 2 atom stereocenters. The van der Waals surface area contributed by atoms with Gasteiger partial charge in [-0.05, 0) is 42.5 Å². The molecular weight excluding hydrogens is 412 g/mol. The molecule has 0 spiro atoms. The predicted molar refractivity (Wildman–Crippen MR) is 118 cm³/mol. The molecule has 1 aliphatic carbocycles. The smallest absolute Gasteiger partial charge is 0.408 e. The van der Waals surface area contributed by atoms with Gasteiger partial charge in [0.25, 0.3) is 0 Å². The van der Waals surface area contributed by atoms with Crippen molar-refractivity contribution in [2.75, 3.05) is 13.2 Å². The second-order valence-electron chi connectivity index (χ2n) is 8.40. The largest absolute Gasteiger partial charge is 0.479 e. The Bertz CT molecular complexity index is 989. The van der Waals surface area contributed by atoms with Crippen LogP contribution in [0.25, 0.3) is 11.1 Å². The first-order chi connectivity index (χ1) is 15.1. The molecule has 8 nitrogen and oxygen atoms in total. The number of carbonyl (C=O) groups excluding carboxylic acids is 2. The van der Waals surface area contributed by atoms with E-state index in [2.05, 4.69) is 10.6 Å². The Morgan fingerprint density at radius 1 is 1.00 bits per heavy atom. The van der Waals surface area contributed by atoms with Crippen LogP contribution in [-0.2, 0) is 14.3 Å². The number of carboxylic acids is 1. The number of fused-ring (bicyclic) bond motifs is 3. The monoisotopic (exact) mass is 440 g/mol. The van der Waals surface area contributed by atoms with Crippen LogP contribution in [0.2, 0.25) is 0 Å². The summed E-state index contributed by atoms with van der Waals surface area (Å²) in [5.74, 6) is -2.18. The maximum Gasteiger partial charge on any atom is 0.408 e. The zero-order valence-electron chi connectivity index (χ0n) is 18.3. The Morgan fingerprint density at radius 2 is 1.53 bits per heavy atom. The van der Waals surface area contributed by atoms with Crippen LogP contribution in [0, 0.1) is 0 Å². The minimum atomic E-state index is -2.12. The van der Waals surface area contributed by atoms with E-state index in [0.29, 0.717) is 0 Å². The molecule has 0 heterocycles. The number of benzene rings is 2. The van der Waals surface area contributed by atoms with Gasteiger partial charge in [0.15, 0.2) is 5.60 Å².